The van der Waals surface area contributed by atoms with E-state index in [0.29, 0.717) is 0 Å². The van der Waals surface area contributed by atoms with E-state index in [2.05, 4.69) is 273 Å². The van der Waals surface area contributed by atoms with E-state index in [0.717, 1.165) is 88.4 Å². The van der Waals surface area contributed by atoms with E-state index in [9.17, 15) is 0 Å². The van der Waals surface area contributed by atoms with Crippen LogP contribution in [0, 0.1) is 0 Å². The molecule has 0 saturated carbocycles. The SMILES string of the molecule is c1ccc(-c2c3c4c5c6ccccc6n(-c6cccc7c6oc6ccccc67)c5cc5c6ccccc6n(c3c(-c3ccccc3)c3c6c7c8ccccc8n(-c8cccc9c8oc8ccccc89)c7cc7c8ccccc8n(c23)c76)c54)cc1. The van der Waals surface area contributed by atoms with Crippen LogP contribution in [0.3, 0.4) is 0 Å². The van der Waals surface area contributed by atoms with Crippen molar-refractivity contribution in [1.82, 2.24) is 17.9 Å². The number of fused-ring (bicyclic) bond motifs is 26. The topological polar surface area (TPSA) is 45.0 Å². The predicted octanol–water partition coefficient (Wildman–Crippen LogP) is 21.3. The number of hydrogen-bond donors (Lipinski definition) is 0. The van der Waals surface area contributed by atoms with Gasteiger partial charge in [-0.05, 0) is 71.8 Å². The number of hydrogen-bond acceptors (Lipinski definition) is 2. The van der Waals surface area contributed by atoms with Crippen molar-refractivity contribution in [2.24, 2.45) is 0 Å². The van der Waals surface area contributed by atoms with E-state index in [1.807, 2.05) is 0 Å². The Morgan fingerprint density at radius 1 is 0.226 bits per heavy atom. The minimum atomic E-state index is 0.873. The standard InChI is InChI=1S/C78H42N4O2/c1-3-21-43(22-4-1)65-69-71-67-51-29-9-15-35-57(51)79(59-37-19-31-49-47-27-11-17-39-63(47)83-77(49)59)61(67)41-53-46-26-8-14-34-56(46)82(73(53)71)76(69)66(44-23-5-2-6-24-44)70-72-68-52-30-10-16-36-58(52)80(60-38-20-32-50-48-28-12-18-40-64(48)84-78(50)60)62(68)42-54-45-25-7-13-33-55(45)81(74(54)72)75(65)70/h1-42H. The summed E-state index contributed by atoms with van der Waals surface area (Å²) in [7, 11) is 0. The second-order valence-corrected chi connectivity index (χ2v) is 22.9. The van der Waals surface area contributed by atoms with E-state index >= 15 is 0 Å². The Kier molecular flexibility index (Phi) is 7.94. The van der Waals surface area contributed by atoms with Gasteiger partial charge >= 0.3 is 0 Å². The van der Waals surface area contributed by atoms with Gasteiger partial charge in [-0.2, -0.15) is 0 Å². The molecule has 21 aromatic rings. The second kappa shape index (κ2) is 15.4. The number of aromatic nitrogens is 4. The maximum Gasteiger partial charge on any atom is 0.159 e. The molecule has 0 unspecified atom stereocenters. The molecule has 386 valence electrons. The lowest BCUT2D eigenvalue weighted by atomic mass is 9.88. The van der Waals surface area contributed by atoms with Gasteiger partial charge in [0.15, 0.2) is 11.2 Å². The highest BCUT2D eigenvalue weighted by molar-refractivity contribution is 6.46. The third-order valence-electron chi connectivity index (χ3n) is 19.0. The van der Waals surface area contributed by atoms with Crippen molar-refractivity contribution >= 4 is 164 Å². The number of para-hydroxylation sites is 8. The highest BCUT2D eigenvalue weighted by Gasteiger charge is 2.35. The fourth-order valence-corrected chi connectivity index (χ4v) is 15.9. The lowest BCUT2D eigenvalue weighted by Crippen LogP contribution is -1.94. The lowest BCUT2D eigenvalue weighted by molar-refractivity contribution is 0.666. The van der Waals surface area contributed by atoms with Crippen molar-refractivity contribution in [1.29, 1.82) is 0 Å². The number of furan rings is 2. The number of nitrogens with zero attached hydrogens (tertiary/aromatic N) is 4. The van der Waals surface area contributed by atoms with Crippen LogP contribution in [0.4, 0.5) is 0 Å². The first-order valence-corrected chi connectivity index (χ1v) is 28.9. The summed E-state index contributed by atoms with van der Waals surface area (Å²) in [5, 5.41) is 19.0. The molecular formula is C78H42N4O2. The third-order valence-corrected chi connectivity index (χ3v) is 19.0. The molecule has 0 N–H and O–H groups in total. The van der Waals surface area contributed by atoms with Gasteiger partial charge in [0.05, 0.1) is 66.5 Å². The largest absolute Gasteiger partial charge is 0.454 e. The molecule has 8 aromatic heterocycles. The molecule has 0 fully saturated rings. The van der Waals surface area contributed by atoms with E-state index in [1.165, 1.54) is 109 Å². The van der Waals surface area contributed by atoms with E-state index < -0.39 is 0 Å². The van der Waals surface area contributed by atoms with Gasteiger partial charge in [0.25, 0.3) is 0 Å². The van der Waals surface area contributed by atoms with Crippen molar-refractivity contribution in [3.05, 3.63) is 255 Å². The molecule has 0 spiro atoms. The highest BCUT2D eigenvalue weighted by atomic mass is 16.3. The molecule has 0 amide bonds. The summed E-state index contributed by atoms with van der Waals surface area (Å²) in [6, 6.07) is 93.8. The molecule has 21 rings (SSSR count). The van der Waals surface area contributed by atoms with Gasteiger partial charge in [-0.15, -0.1) is 0 Å². The molecule has 0 aliphatic carbocycles. The quantitative estimate of drug-likeness (QED) is 0.176. The molecule has 0 bridgehead atoms. The molecule has 6 heteroatoms. The maximum atomic E-state index is 6.93. The molecule has 0 aliphatic rings. The fourth-order valence-electron chi connectivity index (χ4n) is 15.9. The smallest absolute Gasteiger partial charge is 0.159 e. The zero-order valence-corrected chi connectivity index (χ0v) is 44.9. The van der Waals surface area contributed by atoms with Gasteiger partial charge in [0.2, 0.25) is 0 Å². The maximum absolute atomic E-state index is 6.93. The Balaban J connectivity index is 1.06. The molecule has 0 saturated heterocycles. The average Bonchev–Trinajstić information content (AvgIpc) is 1.52. The lowest BCUT2D eigenvalue weighted by Gasteiger charge is -2.16. The van der Waals surface area contributed by atoms with Crippen LogP contribution >= 0.6 is 0 Å². The van der Waals surface area contributed by atoms with Crippen molar-refractivity contribution < 1.29 is 8.83 Å². The Labute approximate surface area is 476 Å². The molecule has 0 aliphatic heterocycles. The van der Waals surface area contributed by atoms with Crippen LogP contribution in [0.15, 0.2) is 264 Å². The molecule has 8 heterocycles. The number of benzene rings is 13. The van der Waals surface area contributed by atoms with Gasteiger partial charge in [0, 0.05) is 97.3 Å². The van der Waals surface area contributed by atoms with Crippen molar-refractivity contribution in [3.8, 4) is 33.6 Å². The Hall–Kier alpha value is -11.3. The first kappa shape index (κ1) is 43.5. The minimum Gasteiger partial charge on any atom is -0.454 e. The summed E-state index contributed by atoms with van der Waals surface area (Å²) in [5.74, 6) is 0. The first-order valence-electron chi connectivity index (χ1n) is 28.9. The number of rotatable bonds is 4. The van der Waals surface area contributed by atoms with Crippen molar-refractivity contribution in [2.75, 3.05) is 0 Å². The second-order valence-electron chi connectivity index (χ2n) is 22.9. The van der Waals surface area contributed by atoms with Crippen LogP contribution in [0.25, 0.3) is 197 Å². The van der Waals surface area contributed by atoms with Crippen LogP contribution in [0.5, 0.6) is 0 Å². The van der Waals surface area contributed by atoms with Gasteiger partial charge in [-0.25, -0.2) is 0 Å². The zero-order valence-electron chi connectivity index (χ0n) is 44.9. The Morgan fingerprint density at radius 2 is 0.583 bits per heavy atom. The van der Waals surface area contributed by atoms with Gasteiger partial charge in [0.1, 0.15) is 11.2 Å². The van der Waals surface area contributed by atoms with E-state index in [1.54, 1.807) is 0 Å². The predicted molar refractivity (Wildman–Crippen MR) is 350 cm³/mol. The summed E-state index contributed by atoms with van der Waals surface area (Å²) in [6.45, 7) is 0. The molecule has 13 aromatic carbocycles. The summed E-state index contributed by atoms with van der Waals surface area (Å²) in [4.78, 5) is 0. The Bertz CT molecular complexity index is 6070. The third kappa shape index (κ3) is 5.12. The zero-order chi connectivity index (χ0) is 54.2. The minimum absolute atomic E-state index is 0.873. The molecule has 84 heavy (non-hydrogen) atoms. The summed E-state index contributed by atoms with van der Waals surface area (Å²) in [5.41, 5.74) is 22.0. The van der Waals surface area contributed by atoms with Crippen molar-refractivity contribution in [2.45, 2.75) is 0 Å². The van der Waals surface area contributed by atoms with Crippen LogP contribution < -0.4 is 0 Å². The highest BCUT2D eigenvalue weighted by Crippen LogP contribution is 2.58. The molecule has 6 nitrogen and oxygen atoms in total. The van der Waals surface area contributed by atoms with E-state index in [-0.39, 0.29) is 0 Å². The first-order chi connectivity index (χ1) is 41.8. The van der Waals surface area contributed by atoms with Gasteiger partial charge < -0.3 is 26.8 Å². The van der Waals surface area contributed by atoms with Crippen LogP contribution in [-0.2, 0) is 0 Å². The monoisotopic (exact) mass is 1070 g/mol. The average molecular weight is 1070 g/mol. The van der Waals surface area contributed by atoms with Crippen LogP contribution in [0.2, 0.25) is 0 Å². The normalized spacial score (nSPS) is 12.8. The van der Waals surface area contributed by atoms with Crippen molar-refractivity contribution in [3.63, 3.8) is 0 Å². The summed E-state index contributed by atoms with van der Waals surface area (Å²) < 4.78 is 24.1. The molecular weight excluding hydrogens is 1020 g/mol. The summed E-state index contributed by atoms with van der Waals surface area (Å²) >= 11 is 0. The van der Waals surface area contributed by atoms with Crippen LogP contribution in [-0.4, -0.2) is 17.9 Å². The molecule has 0 atom stereocenters. The van der Waals surface area contributed by atoms with Crippen LogP contribution in [0.1, 0.15) is 0 Å². The fraction of sp³-hybridized carbons (Fsp3) is 0. The Morgan fingerprint density at radius 3 is 1.02 bits per heavy atom. The summed E-state index contributed by atoms with van der Waals surface area (Å²) in [6.07, 6.45) is 0. The molecule has 0 radical (unpaired) electrons. The van der Waals surface area contributed by atoms with Gasteiger partial charge in [-0.1, -0.05) is 194 Å². The van der Waals surface area contributed by atoms with Gasteiger partial charge in [-0.3, -0.25) is 0 Å². The van der Waals surface area contributed by atoms with E-state index in [4.69, 9.17) is 8.83 Å².